The van der Waals surface area contributed by atoms with Gasteiger partial charge in [0.15, 0.2) is 15.5 Å². The minimum atomic E-state index is -0.425. The Hall–Kier alpha value is -10.4. The third kappa shape index (κ3) is 39.6. The molecule has 0 spiro atoms. The van der Waals surface area contributed by atoms with Gasteiger partial charge in [0.05, 0.1) is 186 Å². The van der Waals surface area contributed by atoms with Crippen molar-refractivity contribution < 1.29 is 95.0 Å². The van der Waals surface area contributed by atoms with Crippen LogP contribution in [0.15, 0.2) is 61.0 Å². The SMILES string of the molecule is C.C=CC(=O)Nc1cc(N)nc(Sc2c(OC)nc(N3CCN(CCOCCOCCOCCNC(=O)CCCCC4SCC5NC(=O)NC54)CC3)nc2OC)n1.COc1nc(N2CCN(CCOCCOCCOCCN)CC2)nc(OC)c1Sc1nc(N)cc(N)n1.COc1nc(N2CCN(CCOCCOCCOCCNC(=O)CCCCC3SCC4NC(=O)NC43)CC2)nc(OC)c1Sc1nc(N)cc(N)n1. The van der Waals surface area contributed by atoms with Crippen LogP contribution in [0, 0.1) is 0 Å². The van der Waals surface area contributed by atoms with Crippen molar-refractivity contribution in [1.82, 2.24) is 106 Å². The molecule has 7 amide bonds. The van der Waals surface area contributed by atoms with Crippen LogP contribution in [0.3, 0.4) is 0 Å². The van der Waals surface area contributed by atoms with Gasteiger partial charge in [-0.2, -0.15) is 53.4 Å². The molecule has 7 fully saturated rings. The zero-order valence-electron chi connectivity index (χ0n) is 83.2. The molecule has 0 aliphatic carbocycles. The van der Waals surface area contributed by atoms with E-state index in [1.54, 1.807) is 14.2 Å². The molecule has 51 nitrogen and oxygen atoms in total. The number of carbonyl (C=O) groups is 5. The molecule has 56 heteroatoms. The highest BCUT2D eigenvalue weighted by Crippen LogP contribution is 2.44. The second-order valence-corrected chi connectivity index (χ2v) is 38.8. The van der Waals surface area contributed by atoms with Crippen LogP contribution < -0.4 is 115 Å². The maximum absolute atomic E-state index is 12.1. The molecule has 0 aromatic carbocycles. The number of nitrogen functional groups attached to an aromatic ring is 5. The molecule has 810 valence electrons. The van der Waals surface area contributed by atoms with E-state index < -0.39 is 5.91 Å². The van der Waals surface area contributed by atoms with E-state index in [9.17, 15) is 24.0 Å². The molecule has 0 bridgehead atoms. The van der Waals surface area contributed by atoms with Gasteiger partial charge in [0, 0.05) is 171 Å². The monoisotopic (exact) mass is 2140 g/mol. The number of aromatic nitrogens is 12. The number of piperazine rings is 3. The molecule has 13 heterocycles. The Bertz CT molecular complexity index is 4870. The fourth-order valence-corrected chi connectivity index (χ4v) is 21.6. The first kappa shape index (κ1) is 117. The number of nitrogens with zero attached hydrogens (tertiary/aromatic N) is 18. The third-order valence-corrected chi connectivity index (χ3v) is 29.0. The normalized spacial score (nSPS) is 18.1. The van der Waals surface area contributed by atoms with Crippen molar-refractivity contribution in [2.45, 2.75) is 124 Å². The van der Waals surface area contributed by atoms with Crippen LogP contribution in [-0.4, -0.2) is 430 Å². The minimum absolute atomic E-state index is 0. The lowest BCUT2D eigenvalue weighted by Crippen LogP contribution is -2.48. The number of nitrogens with two attached hydrogens (primary N) is 6. The van der Waals surface area contributed by atoms with Crippen LogP contribution >= 0.6 is 58.8 Å². The summed E-state index contributed by atoms with van der Waals surface area (Å²) in [6, 6.07) is 5.20. The maximum Gasteiger partial charge on any atom is 0.315 e. The second-order valence-electron chi connectivity index (χ2n) is 33.3. The Labute approximate surface area is 872 Å². The molecule has 6 atom stereocenters. The minimum Gasteiger partial charge on any atom is -0.480 e. The number of methoxy groups -OCH3 is 6. The third-order valence-electron chi connectivity index (χ3n) is 23.2. The molecule has 7 aliphatic heterocycles. The Morgan fingerprint density at radius 1 is 0.397 bits per heavy atom. The number of unbranched alkanes of at least 4 members (excludes halogenated alkanes) is 2. The average molecular weight is 2140 g/mol. The summed E-state index contributed by atoms with van der Waals surface area (Å²) in [6.07, 6.45) is 7.76. The van der Waals surface area contributed by atoms with E-state index in [1.807, 2.05) is 23.5 Å². The molecule has 146 heavy (non-hydrogen) atoms. The lowest BCUT2D eigenvalue weighted by Gasteiger charge is -2.34. The number of thioether (sulfide) groups is 2. The smallest absolute Gasteiger partial charge is 0.315 e. The first-order valence-electron chi connectivity index (χ1n) is 48.3. The average Bonchev–Trinajstić information content (AvgIpc) is 1.26. The van der Waals surface area contributed by atoms with Gasteiger partial charge in [-0.15, -0.1) is 0 Å². The predicted octanol–water partition coefficient (Wildman–Crippen LogP) is 2.13. The van der Waals surface area contributed by atoms with Gasteiger partial charge >= 0.3 is 12.1 Å². The second kappa shape index (κ2) is 64.8. The molecule has 13 rings (SSSR count). The molecular formula is C90H145N31O20S5. The van der Waals surface area contributed by atoms with Gasteiger partial charge < -0.3 is 157 Å². The van der Waals surface area contributed by atoms with Gasteiger partial charge in [0.2, 0.25) is 70.8 Å². The number of hydrogen-bond acceptors (Lipinski definition) is 49. The van der Waals surface area contributed by atoms with Crippen molar-refractivity contribution in [3.63, 3.8) is 0 Å². The molecule has 19 N–H and O–H groups in total. The van der Waals surface area contributed by atoms with Crippen LogP contribution in [-0.2, 0) is 57.0 Å². The first-order valence-corrected chi connectivity index (χ1v) is 52.8. The van der Waals surface area contributed by atoms with E-state index >= 15 is 0 Å². The van der Waals surface area contributed by atoms with Gasteiger partial charge in [0.25, 0.3) is 0 Å². The molecule has 0 radical (unpaired) electrons. The number of fused-ring (bicyclic) bond motifs is 2. The number of nitrogens with one attached hydrogen (secondary N) is 7. The Morgan fingerprint density at radius 3 is 0.986 bits per heavy atom. The van der Waals surface area contributed by atoms with Crippen molar-refractivity contribution in [1.29, 1.82) is 0 Å². The zero-order chi connectivity index (χ0) is 103. The fourth-order valence-electron chi connectivity index (χ4n) is 15.8. The fraction of sp³-hybridized carbons (Fsp3) is 0.656. The standard InChI is InChI=1S/C35H53N11O8S2.C32H51N11O7S2.C22H37N9O5S.CH4/c1-4-27(47)40-26-21-25(36)39-35(41-26)56-30-31(50-2)43-33(44-32(30)51-3)46-12-10-45(11-13-46)14-16-53-18-20-54-19-17-52-15-9-37-28(48)8-6-5-7-24-29-23(22-55-24)38-34(49)42-29;1-46-28-27(52-32-37-23(33)19-24(34)38-32)29(47-2)41-30(40-28)43-10-8-42(9-11-43)12-14-49-16-18-50-17-15-48-13-7-35-25(44)6-4-3-5-22-26-21(20-51-22)36-31(45)39-26;1-32-19-18(37-22-26-16(24)15-17(25)27-22)20(33-2)29-21(28-19)31-6-4-30(5-7-31)8-10-35-12-14-36-13-11-34-9-3-23;/h4,21,23-24,29H,1,5-20,22H2,2-3H3,(H,37,48)(H2,38,42,49)(H3,36,39,40,41,47);19,21-22,26H,3-18,20H2,1-2H3,(H,35,44)(H2,36,39,45)(H4,33,34,37,38);15H,3-14,23H2,1-2H3,(H4,24,25,26,27);1H4. The van der Waals surface area contributed by atoms with Crippen LogP contribution in [0.4, 0.5) is 62.3 Å². The zero-order valence-corrected chi connectivity index (χ0v) is 87.3. The van der Waals surface area contributed by atoms with Crippen molar-refractivity contribution in [3.8, 4) is 35.3 Å². The van der Waals surface area contributed by atoms with Crippen molar-refractivity contribution in [2.75, 3.05) is 340 Å². The number of urea groups is 2. The van der Waals surface area contributed by atoms with Crippen LogP contribution in [0.25, 0.3) is 0 Å². The summed E-state index contributed by atoms with van der Waals surface area (Å²) in [5.41, 5.74) is 34.5. The summed E-state index contributed by atoms with van der Waals surface area (Å²) < 4.78 is 83.8. The summed E-state index contributed by atoms with van der Waals surface area (Å²) in [6.45, 7) is 26.1. The number of rotatable bonds is 62. The Kier molecular flexibility index (Phi) is 52.1. The number of hydrogen-bond donors (Lipinski definition) is 13. The molecule has 7 saturated heterocycles. The van der Waals surface area contributed by atoms with Gasteiger partial charge in [-0.3, -0.25) is 29.1 Å². The van der Waals surface area contributed by atoms with Crippen molar-refractivity contribution in [2.24, 2.45) is 5.73 Å². The largest absolute Gasteiger partial charge is 0.480 e. The lowest BCUT2D eigenvalue weighted by molar-refractivity contribution is -0.122. The number of amides is 7. The highest BCUT2D eigenvalue weighted by molar-refractivity contribution is 8.00. The first-order chi connectivity index (χ1) is 70.6. The topological polar surface area (TPSA) is 638 Å². The van der Waals surface area contributed by atoms with Gasteiger partial charge in [-0.1, -0.05) is 26.8 Å². The van der Waals surface area contributed by atoms with Crippen LogP contribution in [0.5, 0.6) is 35.3 Å². The molecule has 6 aromatic rings. The van der Waals surface area contributed by atoms with Gasteiger partial charge in [-0.05, 0) is 67.0 Å². The summed E-state index contributed by atoms with van der Waals surface area (Å²) in [5, 5.41) is 22.1. The maximum atomic E-state index is 12.1. The molecule has 0 saturated carbocycles. The van der Waals surface area contributed by atoms with E-state index in [2.05, 4.69) is 133 Å². The number of carbonyl (C=O) groups excluding carboxylic acids is 5. The van der Waals surface area contributed by atoms with Gasteiger partial charge in [-0.25, -0.2) is 39.5 Å². The Morgan fingerprint density at radius 2 is 0.685 bits per heavy atom. The van der Waals surface area contributed by atoms with Crippen LogP contribution in [0.2, 0.25) is 0 Å². The molecule has 6 unspecified atom stereocenters. The highest BCUT2D eigenvalue weighted by Gasteiger charge is 2.44. The summed E-state index contributed by atoms with van der Waals surface area (Å²) in [4.78, 5) is 127. The predicted molar refractivity (Wildman–Crippen MR) is 558 cm³/mol. The molecule has 6 aromatic heterocycles. The molecule has 7 aliphatic rings. The number of anilines is 9. The number of ether oxygens (including phenoxy) is 15. The quantitative estimate of drug-likeness (QED) is 0.0113. The highest BCUT2D eigenvalue weighted by atomic mass is 32.2. The Balaban J connectivity index is 0.000000228. The summed E-state index contributed by atoms with van der Waals surface area (Å²) in [7, 11) is 9.20. The van der Waals surface area contributed by atoms with E-state index in [0.717, 1.165) is 153 Å². The van der Waals surface area contributed by atoms with E-state index in [1.165, 1.54) is 70.2 Å². The summed E-state index contributed by atoms with van der Waals surface area (Å²) >= 11 is 7.25. The van der Waals surface area contributed by atoms with E-state index in [-0.39, 0.29) is 95.5 Å². The van der Waals surface area contributed by atoms with E-state index in [4.69, 9.17) is 105 Å². The van der Waals surface area contributed by atoms with Crippen molar-refractivity contribution >= 4 is 141 Å². The summed E-state index contributed by atoms with van der Waals surface area (Å²) in [5.74, 6) is 6.57. The van der Waals surface area contributed by atoms with Crippen molar-refractivity contribution in [3.05, 3.63) is 30.9 Å². The lowest BCUT2D eigenvalue weighted by atomic mass is 10.0. The van der Waals surface area contributed by atoms with Gasteiger partial charge in [0.1, 0.15) is 49.6 Å². The van der Waals surface area contributed by atoms with Crippen LogP contribution in [0.1, 0.15) is 58.8 Å². The van der Waals surface area contributed by atoms with E-state index in [0.29, 0.717) is 253 Å². The molecular weight excluding hydrogens is 2000 g/mol.